The average molecular weight is 341 g/mol. The number of hydrogen-bond donors (Lipinski definition) is 2. The highest BCUT2D eigenvalue weighted by Gasteiger charge is 2.26. The summed E-state index contributed by atoms with van der Waals surface area (Å²) in [4.78, 5) is 14.9. The van der Waals surface area contributed by atoms with Gasteiger partial charge in [0.15, 0.2) is 0 Å². The quantitative estimate of drug-likeness (QED) is 0.476. The van der Waals surface area contributed by atoms with Crippen LogP contribution in [-0.4, -0.2) is 16.1 Å². The number of fused-ring (bicyclic) bond motifs is 7. The van der Waals surface area contributed by atoms with E-state index in [0.29, 0.717) is 6.42 Å². The zero-order chi connectivity index (χ0) is 17.8. The molecule has 0 fully saturated rings. The fraction of sp³-hybridized carbons (Fsp3) is 0.174. The summed E-state index contributed by atoms with van der Waals surface area (Å²) in [6.07, 6.45) is 1.43. The van der Waals surface area contributed by atoms with Crippen LogP contribution >= 0.6 is 0 Å². The predicted octanol–water partition coefficient (Wildman–Crippen LogP) is 5.16. The lowest BCUT2D eigenvalue weighted by Gasteiger charge is -2.14. The third-order valence-electron chi connectivity index (χ3n) is 5.56. The smallest absolute Gasteiger partial charge is 0.306 e. The first-order valence-electron chi connectivity index (χ1n) is 8.99. The molecule has 1 atom stereocenters. The molecule has 26 heavy (non-hydrogen) atoms. The van der Waals surface area contributed by atoms with E-state index in [4.69, 9.17) is 0 Å². The van der Waals surface area contributed by atoms with Crippen LogP contribution in [0.1, 0.15) is 23.7 Å². The van der Waals surface area contributed by atoms with Crippen molar-refractivity contribution in [2.24, 2.45) is 5.92 Å². The van der Waals surface area contributed by atoms with Crippen LogP contribution in [0.2, 0.25) is 0 Å². The first-order valence-corrected chi connectivity index (χ1v) is 8.99. The SMILES string of the molecule is CC(Cc1cc2c(c3ccccc13)-c1c([nH]c3ccccc13)C2)C(=O)O. The van der Waals surface area contributed by atoms with E-state index < -0.39 is 11.9 Å². The molecular weight excluding hydrogens is 322 g/mol. The number of carboxylic acid groups (broad SMARTS) is 1. The van der Waals surface area contributed by atoms with Crippen molar-refractivity contribution in [1.29, 1.82) is 0 Å². The Morgan fingerprint density at radius 1 is 1.04 bits per heavy atom. The van der Waals surface area contributed by atoms with Crippen molar-refractivity contribution in [2.75, 3.05) is 0 Å². The molecule has 1 unspecified atom stereocenters. The van der Waals surface area contributed by atoms with Crippen molar-refractivity contribution in [3.8, 4) is 11.1 Å². The average Bonchev–Trinajstić information content (AvgIpc) is 3.17. The number of H-pyrrole nitrogens is 1. The van der Waals surface area contributed by atoms with E-state index >= 15 is 0 Å². The Bertz CT molecular complexity index is 1190. The number of carbonyl (C=O) groups is 1. The minimum absolute atomic E-state index is 0.392. The maximum Gasteiger partial charge on any atom is 0.306 e. The highest BCUT2D eigenvalue weighted by Crippen LogP contribution is 2.46. The van der Waals surface area contributed by atoms with E-state index in [1.807, 2.05) is 6.07 Å². The summed E-state index contributed by atoms with van der Waals surface area (Å²) in [5.41, 5.74) is 7.47. The summed E-state index contributed by atoms with van der Waals surface area (Å²) in [5.74, 6) is -1.14. The lowest BCUT2D eigenvalue weighted by atomic mass is 9.89. The second-order valence-corrected chi connectivity index (χ2v) is 7.26. The zero-order valence-electron chi connectivity index (χ0n) is 14.5. The number of aromatic amines is 1. The van der Waals surface area contributed by atoms with E-state index in [-0.39, 0.29) is 0 Å². The standard InChI is InChI=1S/C23H19NO2/c1-13(23(25)26)10-14-11-15-12-20-22(18-8-4-5-9-19(18)24-20)21(15)17-7-3-2-6-16(14)17/h2-9,11,13,24H,10,12H2,1H3,(H,25,26). The monoisotopic (exact) mass is 341 g/mol. The van der Waals surface area contributed by atoms with Gasteiger partial charge in [-0.2, -0.15) is 0 Å². The van der Waals surface area contributed by atoms with Crippen LogP contribution in [-0.2, 0) is 17.6 Å². The summed E-state index contributed by atoms with van der Waals surface area (Å²) in [6, 6.07) is 19.1. The van der Waals surface area contributed by atoms with E-state index in [2.05, 4.69) is 53.5 Å². The number of aliphatic carboxylic acids is 1. The number of benzene rings is 3. The predicted molar refractivity (Wildman–Crippen MR) is 105 cm³/mol. The summed E-state index contributed by atoms with van der Waals surface area (Å²) < 4.78 is 0. The third-order valence-corrected chi connectivity index (χ3v) is 5.56. The van der Waals surface area contributed by atoms with Gasteiger partial charge in [0.2, 0.25) is 0 Å². The van der Waals surface area contributed by atoms with Gasteiger partial charge < -0.3 is 10.1 Å². The molecule has 1 aromatic heterocycles. The maximum atomic E-state index is 11.4. The van der Waals surface area contributed by atoms with E-state index in [1.54, 1.807) is 6.92 Å². The number of aromatic nitrogens is 1. The molecule has 1 heterocycles. The lowest BCUT2D eigenvalue weighted by molar-refractivity contribution is -0.141. The van der Waals surface area contributed by atoms with Crippen molar-refractivity contribution in [3.05, 3.63) is 71.4 Å². The van der Waals surface area contributed by atoms with E-state index in [1.165, 1.54) is 38.7 Å². The molecule has 4 aromatic rings. The molecule has 0 radical (unpaired) electrons. The Hall–Kier alpha value is -3.07. The van der Waals surface area contributed by atoms with Gasteiger partial charge in [0.25, 0.3) is 0 Å². The molecule has 0 bridgehead atoms. The fourth-order valence-corrected chi connectivity index (χ4v) is 4.34. The molecule has 128 valence electrons. The molecule has 3 heteroatoms. The molecule has 0 spiro atoms. The van der Waals surface area contributed by atoms with Crippen LogP contribution in [0.3, 0.4) is 0 Å². The molecule has 0 saturated heterocycles. The third kappa shape index (κ3) is 2.10. The molecule has 5 rings (SSSR count). The van der Waals surface area contributed by atoms with Crippen molar-refractivity contribution < 1.29 is 9.90 Å². The van der Waals surface area contributed by atoms with Crippen molar-refractivity contribution >= 4 is 27.6 Å². The molecular formula is C23H19NO2. The summed E-state index contributed by atoms with van der Waals surface area (Å²) in [6.45, 7) is 1.78. The van der Waals surface area contributed by atoms with Crippen molar-refractivity contribution in [2.45, 2.75) is 19.8 Å². The molecule has 0 saturated carbocycles. The van der Waals surface area contributed by atoms with Gasteiger partial charge in [-0.25, -0.2) is 0 Å². The lowest BCUT2D eigenvalue weighted by Crippen LogP contribution is -2.12. The minimum atomic E-state index is -0.745. The fourth-order valence-electron chi connectivity index (χ4n) is 4.34. The second-order valence-electron chi connectivity index (χ2n) is 7.26. The Labute approximate surface area is 151 Å². The number of rotatable bonds is 3. The molecule has 0 aliphatic heterocycles. The molecule has 3 nitrogen and oxygen atoms in total. The van der Waals surface area contributed by atoms with Crippen LogP contribution in [0, 0.1) is 5.92 Å². The Balaban J connectivity index is 1.79. The van der Waals surface area contributed by atoms with Crippen molar-refractivity contribution in [3.63, 3.8) is 0 Å². The first kappa shape index (κ1) is 15.2. The van der Waals surface area contributed by atoms with Crippen LogP contribution in [0.15, 0.2) is 54.6 Å². The van der Waals surface area contributed by atoms with Crippen molar-refractivity contribution in [1.82, 2.24) is 4.98 Å². The van der Waals surface area contributed by atoms with Gasteiger partial charge >= 0.3 is 5.97 Å². The van der Waals surface area contributed by atoms with Gasteiger partial charge in [-0.15, -0.1) is 0 Å². The van der Waals surface area contributed by atoms with Gasteiger partial charge in [-0.05, 0) is 39.9 Å². The summed E-state index contributed by atoms with van der Waals surface area (Å²) in [5, 5.41) is 13.0. The first-order chi connectivity index (χ1) is 12.6. The Kier molecular flexibility index (Phi) is 3.20. The minimum Gasteiger partial charge on any atom is -0.481 e. The highest BCUT2D eigenvalue weighted by molar-refractivity contribution is 6.10. The van der Waals surface area contributed by atoms with Crippen LogP contribution in [0.4, 0.5) is 0 Å². The Morgan fingerprint density at radius 2 is 1.73 bits per heavy atom. The second kappa shape index (κ2) is 5.46. The molecule has 1 aliphatic rings. The van der Waals surface area contributed by atoms with Crippen LogP contribution in [0.25, 0.3) is 32.8 Å². The van der Waals surface area contributed by atoms with Gasteiger partial charge in [-0.1, -0.05) is 55.5 Å². The number of para-hydroxylation sites is 1. The molecule has 2 N–H and O–H groups in total. The largest absolute Gasteiger partial charge is 0.481 e. The summed E-state index contributed by atoms with van der Waals surface area (Å²) in [7, 11) is 0. The zero-order valence-corrected chi connectivity index (χ0v) is 14.5. The van der Waals surface area contributed by atoms with Gasteiger partial charge in [0.1, 0.15) is 0 Å². The number of nitrogens with one attached hydrogen (secondary N) is 1. The van der Waals surface area contributed by atoms with E-state index in [9.17, 15) is 9.90 Å². The van der Waals surface area contributed by atoms with Gasteiger partial charge in [0, 0.05) is 28.6 Å². The van der Waals surface area contributed by atoms with E-state index in [0.717, 1.165) is 17.4 Å². The van der Waals surface area contributed by atoms with Crippen LogP contribution < -0.4 is 0 Å². The number of hydrogen-bond acceptors (Lipinski definition) is 1. The van der Waals surface area contributed by atoms with Crippen LogP contribution in [0.5, 0.6) is 0 Å². The summed E-state index contributed by atoms with van der Waals surface area (Å²) >= 11 is 0. The number of carboxylic acids is 1. The molecule has 0 amide bonds. The van der Waals surface area contributed by atoms with Gasteiger partial charge in [-0.3, -0.25) is 4.79 Å². The Morgan fingerprint density at radius 3 is 2.50 bits per heavy atom. The molecule has 3 aromatic carbocycles. The molecule has 1 aliphatic carbocycles. The normalized spacial score (nSPS) is 13.7. The topological polar surface area (TPSA) is 53.1 Å². The van der Waals surface area contributed by atoms with Gasteiger partial charge in [0.05, 0.1) is 5.92 Å². The highest BCUT2D eigenvalue weighted by atomic mass is 16.4. The maximum absolute atomic E-state index is 11.4.